The first-order chi connectivity index (χ1) is 9.47. The number of amides is 1. The van der Waals surface area contributed by atoms with Crippen molar-refractivity contribution in [3.63, 3.8) is 0 Å². The Bertz CT molecular complexity index is 484. The third kappa shape index (κ3) is 4.30. The maximum atomic E-state index is 11.6. The molecule has 0 bridgehead atoms. The number of nitrogens with zero attached hydrogens (tertiary/aromatic N) is 3. The minimum absolute atomic E-state index is 0.0190. The van der Waals surface area contributed by atoms with Crippen LogP contribution in [0.3, 0.4) is 0 Å². The summed E-state index contributed by atoms with van der Waals surface area (Å²) in [6, 6.07) is 0. The largest absolute Gasteiger partial charge is 0.385 e. The van der Waals surface area contributed by atoms with E-state index in [0.29, 0.717) is 31.1 Å². The molecule has 1 aromatic heterocycles. The van der Waals surface area contributed by atoms with Crippen molar-refractivity contribution in [3.05, 3.63) is 21.5 Å². The van der Waals surface area contributed by atoms with Crippen LogP contribution in [-0.2, 0) is 16.1 Å². The molecular weight excluding hydrogens is 264 g/mol. The lowest BCUT2D eigenvalue weighted by atomic mass is 10.3. The summed E-state index contributed by atoms with van der Waals surface area (Å²) in [4.78, 5) is 22.0. The van der Waals surface area contributed by atoms with Gasteiger partial charge in [-0.3, -0.25) is 19.6 Å². The van der Waals surface area contributed by atoms with Crippen molar-refractivity contribution in [2.24, 2.45) is 0 Å². The zero-order valence-corrected chi connectivity index (χ0v) is 12.0. The second-order valence-electron chi connectivity index (χ2n) is 4.45. The Kier molecular flexibility index (Phi) is 6.10. The smallest absolute Gasteiger partial charge is 0.312 e. The molecule has 0 aromatic carbocycles. The van der Waals surface area contributed by atoms with Crippen molar-refractivity contribution >= 4 is 11.6 Å². The SMILES string of the molecule is COCCCNC(=O)CCn1nc(C)c([N+](=O)[O-])c1C. The van der Waals surface area contributed by atoms with E-state index in [2.05, 4.69) is 10.4 Å². The number of rotatable bonds is 8. The van der Waals surface area contributed by atoms with Crippen LogP contribution in [0.1, 0.15) is 24.2 Å². The van der Waals surface area contributed by atoms with Gasteiger partial charge in [0.1, 0.15) is 11.4 Å². The molecule has 0 saturated carbocycles. The van der Waals surface area contributed by atoms with Crippen LogP contribution >= 0.6 is 0 Å². The Morgan fingerprint density at radius 1 is 1.50 bits per heavy atom. The molecule has 8 heteroatoms. The molecule has 0 radical (unpaired) electrons. The van der Waals surface area contributed by atoms with Crippen LogP contribution in [-0.4, -0.2) is 40.9 Å². The first kappa shape index (κ1) is 16.1. The standard InChI is InChI=1S/C12H20N4O4/c1-9-12(16(18)19)10(2)15(14-9)7-5-11(17)13-6-4-8-20-3/h4-8H2,1-3H3,(H,13,17). The number of nitrogens with one attached hydrogen (secondary N) is 1. The Morgan fingerprint density at radius 2 is 2.20 bits per heavy atom. The minimum atomic E-state index is -0.445. The number of aromatic nitrogens is 2. The van der Waals surface area contributed by atoms with Crippen molar-refractivity contribution in [2.45, 2.75) is 33.2 Å². The highest BCUT2D eigenvalue weighted by Crippen LogP contribution is 2.21. The summed E-state index contributed by atoms with van der Waals surface area (Å²) in [6.07, 6.45) is 1.000. The van der Waals surface area contributed by atoms with Crippen molar-refractivity contribution in [1.82, 2.24) is 15.1 Å². The van der Waals surface area contributed by atoms with Gasteiger partial charge in [0.25, 0.3) is 0 Å². The highest BCUT2D eigenvalue weighted by Gasteiger charge is 2.21. The van der Waals surface area contributed by atoms with E-state index in [0.717, 1.165) is 6.42 Å². The molecule has 8 nitrogen and oxygen atoms in total. The zero-order valence-electron chi connectivity index (χ0n) is 12.0. The molecule has 0 spiro atoms. The van der Waals surface area contributed by atoms with E-state index in [9.17, 15) is 14.9 Å². The van der Waals surface area contributed by atoms with Crippen LogP contribution in [0.4, 0.5) is 5.69 Å². The van der Waals surface area contributed by atoms with Gasteiger partial charge in [-0.2, -0.15) is 5.10 Å². The zero-order chi connectivity index (χ0) is 15.1. The Labute approximate surface area is 117 Å². The number of aryl methyl sites for hydroxylation is 2. The van der Waals surface area contributed by atoms with Crippen molar-refractivity contribution in [3.8, 4) is 0 Å². The van der Waals surface area contributed by atoms with Crippen molar-refractivity contribution < 1.29 is 14.5 Å². The maximum absolute atomic E-state index is 11.6. The number of hydrogen-bond donors (Lipinski definition) is 1. The fraction of sp³-hybridized carbons (Fsp3) is 0.667. The average molecular weight is 284 g/mol. The lowest BCUT2D eigenvalue weighted by Gasteiger charge is -2.06. The molecule has 0 fully saturated rings. The monoisotopic (exact) mass is 284 g/mol. The average Bonchev–Trinajstić information content (AvgIpc) is 2.67. The molecule has 1 heterocycles. The second-order valence-corrected chi connectivity index (χ2v) is 4.45. The van der Waals surface area contributed by atoms with Gasteiger partial charge in [-0.05, 0) is 20.3 Å². The summed E-state index contributed by atoms with van der Waals surface area (Å²) in [5.41, 5.74) is 0.859. The summed E-state index contributed by atoms with van der Waals surface area (Å²) >= 11 is 0. The Morgan fingerprint density at radius 3 is 2.75 bits per heavy atom. The van der Waals surface area contributed by atoms with E-state index in [1.807, 2.05) is 0 Å². The molecule has 0 atom stereocenters. The van der Waals surface area contributed by atoms with E-state index in [1.54, 1.807) is 21.0 Å². The molecule has 1 aromatic rings. The number of methoxy groups -OCH3 is 1. The lowest BCUT2D eigenvalue weighted by Crippen LogP contribution is -2.26. The van der Waals surface area contributed by atoms with E-state index < -0.39 is 4.92 Å². The summed E-state index contributed by atoms with van der Waals surface area (Å²) < 4.78 is 6.38. The van der Waals surface area contributed by atoms with Crippen LogP contribution in [0.25, 0.3) is 0 Å². The van der Waals surface area contributed by atoms with Gasteiger partial charge in [-0.25, -0.2) is 0 Å². The molecule has 0 unspecified atom stereocenters. The lowest BCUT2D eigenvalue weighted by molar-refractivity contribution is -0.386. The van der Waals surface area contributed by atoms with E-state index >= 15 is 0 Å². The Hall–Kier alpha value is -1.96. The number of nitro groups is 1. The van der Waals surface area contributed by atoms with Gasteiger partial charge in [0.2, 0.25) is 5.91 Å². The van der Waals surface area contributed by atoms with Gasteiger partial charge in [0.05, 0.1) is 11.5 Å². The van der Waals surface area contributed by atoms with Gasteiger partial charge < -0.3 is 10.1 Å². The highest BCUT2D eigenvalue weighted by molar-refractivity contribution is 5.75. The highest BCUT2D eigenvalue weighted by atomic mass is 16.6. The molecule has 1 N–H and O–H groups in total. The van der Waals surface area contributed by atoms with Gasteiger partial charge >= 0.3 is 5.69 Å². The van der Waals surface area contributed by atoms with Crippen LogP contribution < -0.4 is 5.32 Å². The molecule has 1 rings (SSSR count). The van der Waals surface area contributed by atoms with Crippen LogP contribution in [0.2, 0.25) is 0 Å². The van der Waals surface area contributed by atoms with Gasteiger partial charge in [0.15, 0.2) is 0 Å². The number of ether oxygens (including phenoxy) is 1. The Balaban J connectivity index is 2.48. The molecule has 112 valence electrons. The van der Waals surface area contributed by atoms with Gasteiger partial charge in [-0.15, -0.1) is 0 Å². The minimum Gasteiger partial charge on any atom is -0.385 e. The predicted molar refractivity (Wildman–Crippen MR) is 72.5 cm³/mol. The summed E-state index contributed by atoms with van der Waals surface area (Å²) in [7, 11) is 1.61. The normalized spacial score (nSPS) is 10.6. The molecule has 0 aliphatic rings. The number of carbonyl (C=O) groups is 1. The topological polar surface area (TPSA) is 99.3 Å². The van der Waals surface area contributed by atoms with Gasteiger partial charge in [0, 0.05) is 26.7 Å². The maximum Gasteiger partial charge on any atom is 0.312 e. The predicted octanol–water partition coefficient (Wildman–Crippen LogP) is 0.951. The molecule has 0 aliphatic carbocycles. The molecule has 0 aliphatic heterocycles. The quantitative estimate of drug-likeness (QED) is 0.435. The van der Waals surface area contributed by atoms with Crippen LogP contribution in [0.5, 0.6) is 0 Å². The summed E-state index contributed by atoms with van der Waals surface area (Å²) in [6.45, 7) is 4.71. The first-order valence-electron chi connectivity index (χ1n) is 6.41. The first-order valence-corrected chi connectivity index (χ1v) is 6.41. The molecular formula is C12H20N4O4. The summed E-state index contributed by atoms with van der Waals surface area (Å²) in [5, 5.41) is 17.7. The molecule has 20 heavy (non-hydrogen) atoms. The fourth-order valence-electron chi connectivity index (χ4n) is 1.91. The van der Waals surface area contributed by atoms with Crippen molar-refractivity contribution in [1.29, 1.82) is 0 Å². The third-order valence-electron chi connectivity index (χ3n) is 2.92. The van der Waals surface area contributed by atoms with Crippen LogP contribution in [0, 0.1) is 24.0 Å². The molecule has 1 amide bonds. The number of hydrogen-bond acceptors (Lipinski definition) is 5. The second kappa shape index (κ2) is 7.59. The van der Waals surface area contributed by atoms with Crippen molar-refractivity contribution in [2.75, 3.05) is 20.3 Å². The van der Waals surface area contributed by atoms with E-state index in [4.69, 9.17) is 4.74 Å². The van der Waals surface area contributed by atoms with E-state index in [1.165, 1.54) is 4.68 Å². The van der Waals surface area contributed by atoms with Crippen LogP contribution in [0.15, 0.2) is 0 Å². The number of carbonyl (C=O) groups excluding carboxylic acids is 1. The summed E-state index contributed by atoms with van der Waals surface area (Å²) in [5.74, 6) is -0.101. The fourth-order valence-corrected chi connectivity index (χ4v) is 1.91. The third-order valence-corrected chi connectivity index (χ3v) is 2.92. The van der Waals surface area contributed by atoms with Gasteiger partial charge in [-0.1, -0.05) is 0 Å². The van der Waals surface area contributed by atoms with E-state index in [-0.39, 0.29) is 18.0 Å². The molecule has 0 saturated heterocycles.